The van der Waals surface area contributed by atoms with Gasteiger partial charge in [-0.25, -0.2) is 0 Å². The lowest BCUT2D eigenvalue weighted by molar-refractivity contribution is 0.0977. The SMILES string of the molecule is CCCCc1ccc(C(=O)NC(=S)Nc2ccc(N)cc2)cc1. The van der Waals surface area contributed by atoms with Crippen LogP contribution < -0.4 is 16.4 Å². The Kier molecular flexibility index (Phi) is 6.11. The molecule has 120 valence electrons. The minimum Gasteiger partial charge on any atom is -0.399 e. The average molecular weight is 327 g/mol. The first kappa shape index (κ1) is 17.0. The van der Waals surface area contributed by atoms with E-state index in [4.69, 9.17) is 18.0 Å². The van der Waals surface area contributed by atoms with Gasteiger partial charge in [0.15, 0.2) is 5.11 Å². The highest BCUT2D eigenvalue weighted by Gasteiger charge is 2.08. The lowest BCUT2D eigenvalue weighted by Gasteiger charge is -2.10. The van der Waals surface area contributed by atoms with E-state index in [0.29, 0.717) is 11.3 Å². The molecule has 0 aliphatic rings. The third-order valence-corrected chi connectivity index (χ3v) is 3.63. The van der Waals surface area contributed by atoms with E-state index < -0.39 is 0 Å². The van der Waals surface area contributed by atoms with Gasteiger partial charge in [-0.15, -0.1) is 0 Å². The fourth-order valence-electron chi connectivity index (χ4n) is 2.11. The standard InChI is InChI=1S/C18H21N3OS/c1-2-3-4-13-5-7-14(8-6-13)17(22)21-18(23)20-16-11-9-15(19)10-12-16/h5-12H,2-4,19H2,1H3,(H2,20,21,22,23). The molecule has 0 aliphatic carbocycles. The van der Waals surface area contributed by atoms with E-state index in [0.717, 1.165) is 24.9 Å². The molecule has 0 bridgehead atoms. The van der Waals surface area contributed by atoms with Gasteiger partial charge in [-0.05, 0) is 67.0 Å². The highest BCUT2D eigenvalue weighted by atomic mass is 32.1. The van der Waals surface area contributed by atoms with Gasteiger partial charge in [0.1, 0.15) is 0 Å². The first-order valence-electron chi connectivity index (χ1n) is 7.65. The van der Waals surface area contributed by atoms with Crippen LogP contribution in [0.1, 0.15) is 35.7 Å². The van der Waals surface area contributed by atoms with Crippen LogP contribution in [0.4, 0.5) is 11.4 Å². The minimum absolute atomic E-state index is 0.222. The van der Waals surface area contributed by atoms with Crippen molar-refractivity contribution < 1.29 is 4.79 Å². The first-order valence-corrected chi connectivity index (χ1v) is 8.06. The summed E-state index contributed by atoms with van der Waals surface area (Å²) in [5.41, 5.74) is 8.91. The van der Waals surface area contributed by atoms with Gasteiger partial charge in [-0.2, -0.15) is 0 Å². The molecule has 0 fully saturated rings. The zero-order valence-electron chi connectivity index (χ0n) is 13.1. The average Bonchev–Trinajstić information content (AvgIpc) is 2.55. The molecule has 0 heterocycles. The van der Waals surface area contributed by atoms with E-state index >= 15 is 0 Å². The highest BCUT2D eigenvalue weighted by molar-refractivity contribution is 7.80. The quantitative estimate of drug-likeness (QED) is 0.578. The van der Waals surface area contributed by atoms with Gasteiger partial charge in [-0.3, -0.25) is 10.1 Å². The fraction of sp³-hybridized carbons (Fsp3) is 0.222. The third-order valence-electron chi connectivity index (χ3n) is 3.43. The van der Waals surface area contributed by atoms with Gasteiger partial charge in [-0.1, -0.05) is 25.5 Å². The number of amides is 1. The van der Waals surface area contributed by atoms with Crippen molar-refractivity contribution in [2.24, 2.45) is 0 Å². The van der Waals surface area contributed by atoms with Crippen molar-refractivity contribution in [3.8, 4) is 0 Å². The zero-order valence-corrected chi connectivity index (χ0v) is 14.0. The Labute approximate surface area is 142 Å². The molecule has 0 aromatic heterocycles. The number of carbonyl (C=O) groups excluding carboxylic acids is 1. The summed E-state index contributed by atoms with van der Waals surface area (Å²) in [5.74, 6) is -0.222. The number of carbonyl (C=O) groups is 1. The molecule has 0 unspecified atom stereocenters. The summed E-state index contributed by atoms with van der Waals surface area (Å²) in [5, 5.41) is 5.88. The summed E-state index contributed by atoms with van der Waals surface area (Å²) in [4.78, 5) is 12.2. The maximum atomic E-state index is 12.2. The van der Waals surface area contributed by atoms with Gasteiger partial charge in [0.05, 0.1) is 0 Å². The van der Waals surface area contributed by atoms with Crippen molar-refractivity contribution >= 4 is 34.6 Å². The molecule has 4 nitrogen and oxygen atoms in total. The van der Waals surface area contributed by atoms with Gasteiger partial charge in [0.25, 0.3) is 5.91 Å². The molecule has 0 spiro atoms. The molecular weight excluding hydrogens is 306 g/mol. The van der Waals surface area contributed by atoms with Crippen molar-refractivity contribution in [3.05, 3.63) is 59.7 Å². The number of nitrogens with two attached hydrogens (primary N) is 1. The van der Waals surface area contributed by atoms with Crippen molar-refractivity contribution in [1.82, 2.24) is 5.32 Å². The monoisotopic (exact) mass is 327 g/mol. The molecule has 0 atom stereocenters. The number of nitrogens with one attached hydrogen (secondary N) is 2. The van der Waals surface area contributed by atoms with Gasteiger partial charge in [0.2, 0.25) is 0 Å². The van der Waals surface area contributed by atoms with Crippen molar-refractivity contribution in [3.63, 3.8) is 0 Å². The maximum Gasteiger partial charge on any atom is 0.257 e. The largest absolute Gasteiger partial charge is 0.399 e. The number of rotatable bonds is 5. The minimum atomic E-state index is -0.222. The molecule has 0 aliphatic heterocycles. The Morgan fingerprint density at radius 2 is 1.74 bits per heavy atom. The molecule has 2 aromatic rings. The summed E-state index contributed by atoms with van der Waals surface area (Å²) >= 11 is 5.15. The molecular formula is C18H21N3OS. The molecule has 0 saturated carbocycles. The molecule has 23 heavy (non-hydrogen) atoms. The Hall–Kier alpha value is -2.40. The molecule has 2 rings (SSSR count). The lowest BCUT2D eigenvalue weighted by atomic mass is 10.1. The van der Waals surface area contributed by atoms with Gasteiger partial charge in [0, 0.05) is 16.9 Å². The van der Waals surface area contributed by atoms with E-state index in [2.05, 4.69) is 17.6 Å². The number of aryl methyl sites for hydroxylation is 1. The summed E-state index contributed by atoms with van der Waals surface area (Å²) in [6.45, 7) is 2.16. The van der Waals surface area contributed by atoms with Crippen LogP contribution in [0, 0.1) is 0 Å². The second kappa shape index (κ2) is 8.29. The second-order valence-electron chi connectivity index (χ2n) is 5.33. The zero-order chi connectivity index (χ0) is 16.7. The smallest absolute Gasteiger partial charge is 0.257 e. The first-order chi connectivity index (χ1) is 11.1. The van der Waals surface area contributed by atoms with E-state index in [1.165, 1.54) is 5.56 Å². The van der Waals surface area contributed by atoms with Crippen LogP contribution in [-0.2, 0) is 6.42 Å². The Morgan fingerprint density at radius 1 is 1.09 bits per heavy atom. The summed E-state index contributed by atoms with van der Waals surface area (Å²) in [7, 11) is 0. The van der Waals surface area contributed by atoms with E-state index in [9.17, 15) is 4.79 Å². The number of nitrogen functional groups attached to an aromatic ring is 1. The second-order valence-corrected chi connectivity index (χ2v) is 5.74. The van der Waals surface area contributed by atoms with Crippen LogP contribution in [-0.4, -0.2) is 11.0 Å². The Morgan fingerprint density at radius 3 is 2.35 bits per heavy atom. The van der Waals surface area contributed by atoms with Crippen molar-refractivity contribution in [1.29, 1.82) is 0 Å². The van der Waals surface area contributed by atoms with Crippen LogP contribution in [0.5, 0.6) is 0 Å². The summed E-state index contributed by atoms with van der Waals surface area (Å²) in [6.07, 6.45) is 3.35. The third kappa shape index (κ3) is 5.38. The van der Waals surface area contributed by atoms with Gasteiger partial charge < -0.3 is 11.1 Å². The summed E-state index contributed by atoms with van der Waals surface area (Å²) < 4.78 is 0. The maximum absolute atomic E-state index is 12.2. The number of anilines is 2. The van der Waals surface area contributed by atoms with E-state index in [-0.39, 0.29) is 11.0 Å². The van der Waals surface area contributed by atoms with E-state index in [1.54, 1.807) is 24.3 Å². The number of hydrogen-bond donors (Lipinski definition) is 3. The molecule has 5 heteroatoms. The fourth-order valence-corrected chi connectivity index (χ4v) is 2.32. The number of hydrogen-bond acceptors (Lipinski definition) is 3. The predicted octanol–water partition coefficient (Wildman–Crippen LogP) is 3.74. The molecule has 0 saturated heterocycles. The van der Waals surface area contributed by atoms with Crippen LogP contribution in [0.3, 0.4) is 0 Å². The predicted molar refractivity (Wildman–Crippen MR) is 99.6 cm³/mol. The number of unbranched alkanes of at least 4 members (excludes halogenated alkanes) is 1. The van der Waals surface area contributed by atoms with Gasteiger partial charge >= 0.3 is 0 Å². The van der Waals surface area contributed by atoms with Crippen LogP contribution >= 0.6 is 12.2 Å². The molecule has 2 aromatic carbocycles. The van der Waals surface area contributed by atoms with Crippen molar-refractivity contribution in [2.45, 2.75) is 26.2 Å². The Balaban J connectivity index is 1.90. The highest BCUT2D eigenvalue weighted by Crippen LogP contribution is 2.11. The van der Waals surface area contributed by atoms with Crippen LogP contribution in [0.2, 0.25) is 0 Å². The normalized spacial score (nSPS) is 10.1. The molecule has 4 N–H and O–H groups in total. The topological polar surface area (TPSA) is 67.2 Å². The number of thiocarbonyl (C=S) groups is 1. The van der Waals surface area contributed by atoms with Crippen molar-refractivity contribution in [2.75, 3.05) is 11.1 Å². The summed E-state index contributed by atoms with van der Waals surface area (Å²) in [6, 6.07) is 14.8. The van der Waals surface area contributed by atoms with Crippen LogP contribution in [0.15, 0.2) is 48.5 Å². The lowest BCUT2D eigenvalue weighted by Crippen LogP contribution is -2.34. The van der Waals surface area contributed by atoms with E-state index in [1.807, 2.05) is 24.3 Å². The molecule has 1 amide bonds. The Bertz CT molecular complexity index is 666. The number of benzene rings is 2. The van der Waals surface area contributed by atoms with Crippen LogP contribution in [0.25, 0.3) is 0 Å². The molecule has 0 radical (unpaired) electrons.